The summed E-state index contributed by atoms with van der Waals surface area (Å²) in [6.45, 7) is 11.6. The maximum Gasteiger partial charge on any atom is 0.424 e. The highest BCUT2D eigenvalue weighted by atomic mass is 28.4. The van der Waals surface area contributed by atoms with Crippen LogP contribution in [0.15, 0.2) is 30.3 Å². The van der Waals surface area contributed by atoms with Crippen molar-refractivity contribution in [3.8, 4) is 17.0 Å². The normalized spacial score (nSPS) is 20.6. The second-order valence-electron chi connectivity index (χ2n) is 10.7. The van der Waals surface area contributed by atoms with Crippen LogP contribution in [-0.4, -0.2) is 44.3 Å². The molecule has 1 aliphatic heterocycles. The van der Waals surface area contributed by atoms with Crippen LogP contribution in [0.5, 0.6) is 5.75 Å². The van der Waals surface area contributed by atoms with Gasteiger partial charge in [-0.25, -0.2) is 9.37 Å². The van der Waals surface area contributed by atoms with Gasteiger partial charge in [-0.05, 0) is 55.4 Å². The number of nitrogens with two attached hydrogens (primary N) is 1. The van der Waals surface area contributed by atoms with Crippen LogP contribution in [0, 0.1) is 5.82 Å². The summed E-state index contributed by atoms with van der Waals surface area (Å²) in [4.78, 5) is 4.14. The molecule has 34 heavy (non-hydrogen) atoms. The van der Waals surface area contributed by atoms with Gasteiger partial charge < -0.3 is 20.0 Å². The van der Waals surface area contributed by atoms with Crippen LogP contribution in [-0.2, 0) is 15.4 Å². The third-order valence-corrected chi connectivity index (χ3v) is 11.5. The van der Waals surface area contributed by atoms with Gasteiger partial charge in [0.25, 0.3) is 0 Å². The van der Waals surface area contributed by atoms with Gasteiger partial charge in [-0.1, -0.05) is 20.8 Å². The fourth-order valence-corrected chi connectivity index (χ4v) is 4.61. The summed E-state index contributed by atoms with van der Waals surface area (Å²) in [7, 11) is -2.17. The summed E-state index contributed by atoms with van der Waals surface area (Å²) in [5, 5.41) is 10.5. The molecule has 0 saturated heterocycles. The molecule has 1 aliphatic rings. The van der Waals surface area contributed by atoms with Crippen molar-refractivity contribution in [3.05, 3.63) is 47.4 Å². The molecule has 2 heterocycles. The van der Waals surface area contributed by atoms with E-state index in [4.69, 9.17) is 14.9 Å². The van der Waals surface area contributed by atoms with Crippen LogP contribution in [0.1, 0.15) is 39.0 Å². The van der Waals surface area contributed by atoms with Crippen molar-refractivity contribution in [1.82, 2.24) is 4.98 Å². The summed E-state index contributed by atoms with van der Waals surface area (Å²) in [5.74, 6) is -0.211. The van der Waals surface area contributed by atoms with Crippen molar-refractivity contribution in [2.45, 2.75) is 63.0 Å². The Bertz CT molecular complexity index is 1050. The second kappa shape index (κ2) is 8.58. The minimum absolute atomic E-state index is 0.0651. The Morgan fingerprint density at radius 3 is 2.26 bits per heavy atom. The highest BCUT2D eigenvalue weighted by molar-refractivity contribution is 6.74. The number of ether oxygens (including phenoxy) is 1. The molecule has 0 bridgehead atoms. The molecule has 10 heteroatoms. The molecule has 0 saturated carbocycles. The number of halogens is 4. The van der Waals surface area contributed by atoms with Gasteiger partial charge in [0, 0.05) is 24.3 Å². The summed E-state index contributed by atoms with van der Waals surface area (Å²) in [5.41, 5.74) is 1.49. The fourth-order valence-electron chi connectivity index (χ4n) is 3.49. The minimum Gasteiger partial charge on any atom is -0.490 e. The predicted octanol–water partition coefficient (Wildman–Crippen LogP) is 5.27. The van der Waals surface area contributed by atoms with Gasteiger partial charge in [-0.15, -0.1) is 0 Å². The Morgan fingerprint density at radius 2 is 1.76 bits per heavy atom. The number of aromatic nitrogens is 1. The van der Waals surface area contributed by atoms with E-state index in [9.17, 15) is 22.7 Å². The first kappa shape index (κ1) is 26.6. The van der Waals surface area contributed by atoms with Crippen molar-refractivity contribution in [2.75, 3.05) is 19.8 Å². The molecule has 0 aliphatic carbocycles. The van der Waals surface area contributed by atoms with Crippen LogP contribution in [0.3, 0.4) is 0 Å². The molecule has 3 N–H and O–H groups in total. The van der Waals surface area contributed by atoms with E-state index in [1.54, 1.807) is 0 Å². The van der Waals surface area contributed by atoms with E-state index in [1.807, 2.05) is 6.92 Å². The zero-order chi connectivity index (χ0) is 25.7. The average Bonchev–Trinajstić information content (AvgIpc) is 3.07. The number of fused-ring (bicyclic) bond motifs is 1. The molecule has 1 aromatic heterocycles. The van der Waals surface area contributed by atoms with Crippen molar-refractivity contribution < 1.29 is 31.8 Å². The molecule has 0 amide bonds. The van der Waals surface area contributed by atoms with Gasteiger partial charge in [-0.3, -0.25) is 0 Å². The lowest BCUT2D eigenvalue weighted by atomic mass is 9.83. The number of hydrogen-bond donors (Lipinski definition) is 2. The van der Waals surface area contributed by atoms with Crippen molar-refractivity contribution in [2.24, 2.45) is 5.73 Å². The van der Waals surface area contributed by atoms with E-state index >= 15 is 0 Å². The SMILES string of the molecule is CC(C)(C)[Si](C)(C)OC[C@@]1(C)COc2c1cc(C(O)(CN)C(F)(F)F)nc2-c1ccc(F)cc1. The monoisotopic (exact) mass is 500 g/mol. The van der Waals surface area contributed by atoms with Crippen LogP contribution in [0.2, 0.25) is 18.1 Å². The first-order valence-electron chi connectivity index (χ1n) is 11.0. The molecule has 3 rings (SSSR count). The maximum atomic E-state index is 13.9. The van der Waals surface area contributed by atoms with Crippen LogP contribution in [0.25, 0.3) is 11.3 Å². The lowest BCUT2D eigenvalue weighted by Gasteiger charge is -2.38. The Labute approximate surface area is 198 Å². The maximum absolute atomic E-state index is 13.9. The van der Waals surface area contributed by atoms with E-state index in [0.717, 1.165) is 0 Å². The van der Waals surface area contributed by atoms with Crippen molar-refractivity contribution >= 4 is 8.32 Å². The largest absolute Gasteiger partial charge is 0.490 e. The van der Waals surface area contributed by atoms with Gasteiger partial charge >= 0.3 is 6.18 Å². The van der Waals surface area contributed by atoms with Gasteiger partial charge in [-0.2, -0.15) is 13.2 Å². The molecule has 188 valence electrons. The number of benzene rings is 1. The molecule has 1 unspecified atom stereocenters. The molecule has 0 spiro atoms. The highest BCUT2D eigenvalue weighted by Crippen LogP contribution is 2.48. The van der Waals surface area contributed by atoms with E-state index in [2.05, 4.69) is 38.8 Å². The molecular formula is C24H32F4N2O3Si. The van der Waals surface area contributed by atoms with Gasteiger partial charge in [0.05, 0.1) is 11.1 Å². The Balaban J connectivity index is 2.18. The predicted molar refractivity (Wildman–Crippen MR) is 125 cm³/mol. The van der Waals surface area contributed by atoms with Crippen molar-refractivity contribution in [3.63, 3.8) is 0 Å². The number of aliphatic hydroxyl groups is 1. The van der Waals surface area contributed by atoms with Crippen LogP contribution < -0.4 is 10.5 Å². The number of rotatable bonds is 6. The number of pyridine rings is 1. The molecule has 0 radical (unpaired) electrons. The molecular weight excluding hydrogens is 468 g/mol. The molecule has 2 atom stereocenters. The average molecular weight is 501 g/mol. The van der Waals surface area contributed by atoms with Gasteiger partial charge in [0.1, 0.15) is 23.9 Å². The molecule has 2 aromatic rings. The first-order valence-corrected chi connectivity index (χ1v) is 13.9. The minimum atomic E-state index is -5.06. The molecule has 1 aromatic carbocycles. The Kier molecular flexibility index (Phi) is 6.71. The highest BCUT2D eigenvalue weighted by Gasteiger charge is 2.56. The van der Waals surface area contributed by atoms with E-state index in [0.29, 0.717) is 16.9 Å². The zero-order valence-corrected chi connectivity index (χ0v) is 21.3. The summed E-state index contributed by atoms with van der Waals surface area (Å²) in [6.07, 6.45) is -5.06. The number of hydrogen-bond acceptors (Lipinski definition) is 5. The quantitative estimate of drug-likeness (QED) is 0.418. The third-order valence-electron chi connectivity index (χ3n) is 7.02. The van der Waals surface area contributed by atoms with E-state index in [1.165, 1.54) is 30.3 Å². The lowest BCUT2D eigenvalue weighted by Crippen LogP contribution is -2.49. The fraction of sp³-hybridized carbons (Fsp3) is 0.542. The van der Waals surface area contributed by atoms with E-state index < -0.39 is 43.6 Å². The Hall–Kier alpha value is -2.01. The summed E-state index contributed by atoms with van der Waals surface area (Å²) >= 11 is 0. The molecule has 0 fully saturated rings. The zero-order valence-electron chi connectivity index (χ0n) is 20.3. The lowest BCUT2D eigenvalue weighted by molar-refractivity contribution is -0.263. The van der Waals surface area contributed by atoms with Crippen molar-refractivity contribution in [1.29, 1.82) is 0 Å². The smallest absolute Gasteiger partial charge is 0.424 e. The standard InChI is InChI=1S/C24H32F4N2O3Si/c1-21(2,3)34(5,6)33-14-22(4)13-32-20-17(22)11-18(23(31,12-29)24(26,27)28)30-19(20)15-7-9-16(25)10-8-15/h7-11,31H,12-14,29H2,1-6H3/t22-,23?/m1/s1. The third kappa shape index (κ3) is 4.60. The molecule has 5 nitrogen and oxygen atoms in total. The first-order chi connectivity index (χ1) is 15.5. The van der Waals surface area contributed by atoms with Crippen LogP contribution >= 0.6 is 0 Å². The van der Waals surface area contributed by atoms with Crippen LogP contribution in [0.4, 0.5) is 17.6 Å². The number of nitrogens with zero attached hydrogens (tertiary/aromatic N) is 1. The topological polar surface area (TPSA) is 77.6 Å². The Morgan fingerprint density at radius 1 is 1.18 bits per heavy atom. The second-order valence-corrected chi connectivity index (χ2v) is 15.5. The van der Waals surface area contributed by atoms with Gasteiger partial charge in [0.2, 0.25) is 5.60 Å². The van der Waals surface area contributed by atoms with Gasteiger partial charge in [0.15, 0.2) is 8.32 Å². The number of alkyl halides is 3. The summed E-state index contributed by atoms with van der Waals surface area (Å²) in [6, 6.07) is 6.39. The van der Waals surface area contributed by atoms with E-state index in [-0.39, 0.29) is 23.9 Å². The summed E-state index contributed by atoms with van der Waals surface area (Å²) < 4.78 is 67.5.